The normalized spacial score (nSPS) is 22.0. The van der Waals surface area contributed by atoms with E-state index in [2.05, 4.69) is 74.7 Å². The molecule has 2 bridgehead atoms. The van der Waals surface area contributed by atoms with Gasteiger partial charge in [0.15, 0.2) is 6.04 Å². The van der Waals surface area contributed by atoms with Gasteiger partial charge in [-0.3, -0.25) is 4.79 Å². The largest absolute Gasteiger partial charge is 0.343 e. The van der Waals surface area contributed by atoms with Gasteiger partial charge in [-0.15, -0.1) is 0 Å². The molecule has 3 aliphatic rings. The average Bonchev–Trinajstić information content (AvgIpc) is 2.55. The predicted octanol–water partition coefficient (Wildman–Crippen LogP) is 4.22. The quantitative estimate of drug-likeness (QED) is 0.769. The smallest absolute Gasteiger partial charge is 0.220 e. The fourth-order valence-electron chi connectivity index (χ4n) is 4.13. The van der Waals surface area contributed by atoms with Crippen LogP contribution in [0.4, 0.5) is 5.69 Å². The average molecular weight is 398 g/mol. The minimum atomic E-state index is 0.178. The predicted molar refractivity (Wildman–Crippen MR) is 104 cm³/mol. The Kier molecular flexibility index (Phi) is 4.46. The molecule has 3 nitrogen and oxygen atoms in total. The van der Waals surface area contributed by atoms with Crippen LogP contribution in [0.1, 0.15) is 24.5 Å². The molecule has 0 aromatic heterocycles. The Hall–Kier alpha value is -1.94. The van der Waals surface area contributed by atoms with Crippen LogP contribution in [0, 0.1) is 5.92 Å². The standard InChI is InChI=1S/C21H22BrN2O/c1-14(25)24-13-21-17(9-15-5-4-7-18(22)10-15)12-19(24)11-16-6-2-3-8-20(16)23-21/h2-8,10,19,21,23H,9,11-13H2,1H3/q+1. The molecule has 0 radical (unpaired) electrons. The molecule has 3 aliphatic heterocycles. The van der Waals surface area contributed by atoms with E-state index in [1.807, 2.05) is 0 Å². The highest BCUT2D eigenvalue weighted by Gasteiger charge is 2.46. The lowest BCUT2D eigenvalue weighted by Gasteiger charge is -2.41. The highest BCUT2D eigenvalue weighted by molar-refractivity contribution is 9.10. The van der Waals surface area contributed by atoms with Gasteiger partial charge in [-0.25, -0.2) is 0 Å². The summed E-state index contributed by atoms with van der Waals surface area (Å²) in [4.78, 5) is 14.2. The Morgan fingerprint density at radius 1 is 1.28 bits per heavy atom. The summed E-state index contributed by atoms with van der Waals surface area (Å²) in [6.45, 7) is 2.45. The van der Waals surface area contributed by atoms with Crippen LogP contribution in [0.2, 0.25) is 0 Å². The van der Waals surface area contributed by atoms with E-state index in [-0.39, 0.29) is 18.0 Å². The van der Waals surface area contributed by atoms with Crippen molar-refractivity contribution < 1.29 is 4.79 Å². The molecule has 1 amide bonds. The van der Waals surface area contributed by atoms with Crippen LogP contribution in [-0.2, 0) is 17.6 Å². The molecule has 2 aromatic rings. The molecular weight excluding hydrogens is 376 g/mol. The Balaban J connectivity index is 1.64. The highest BCUT2D eigenvalue weighted by Crippen LogP contribution is 2.36. The Morgan fingerprint density at radius 3 is 2.92 bits per heavy atom. The zero-order valence-electron chi connectivity index (χ0n) is 14.3. The Morgan fingerprint density at radius 2 is 2.12 bits per heavy atom. The lowest BCUT2D eigenvalue weighted by molar-refractivity contribution is -0.132. The molecule has 1 N–H and O–H groups in total. The van der Waals surface area contributed by atoms with Crippen molar-refractivity contribution in [2.45, 2.75) is 38.3 Å². The molecule has 1 fully saturated rings. The molecule has 5 rings (SSSR count). The van der Waals surface area contributed by atoms with E-state index < -0.39 is 0 Å². The number of hydrogen-bond acceptors (Lipinski definition) is 2. The number of piperidine rings is 1. The summed E-state index contributed by atoms with van der Waals surface area (Å²) in [6.07, 6.45) is 2.84. The monoisotopic (exact) mass is 397 g/mol. The third-order valence-corrected chi connectivity index (χ3v) is 5.83. The fraction of sp³-hybridized carbons (Fsp3) is 0.333. The molecule has 2 unspecified atom stereocenters. The summed E-state index contributed by atoms with van der Waals surface area (Å²) >= 11 is 3.57. The van der Waals surface area contributed by atoms with Gasteiger partial charge in [-0.05, 0) is 35.7 Å². The number of carbonyl (C=O) groups excluding carboxylic acids is 1. The zero-order chi connectivity index (χ0) is 17.4. The van der Waals surface area contributed by atoms with Crippen molar-refractivity contribution in [1.82, 2.24) is 4.90 Å². The number of fused-ring (bicyclic) bond motifs is 2. The second-order valence-electron chi connectivity index (χ2n) is 7.05. The molecule has 0 saturated carbocycles. The van der Waals surface area contributed by atoms with Crippen molar-refractivity contribution in [2.75, 3.05) is 11.9 Å². The number of halogens is 1. The topological polar surface area (TPSA) is 32.3 Å². The number of rotatable bonds is 2. The molecule has 4 heteroatoms. The summed E-state index contributed by atoms with van der Waals surface area (Å²) in [5, 5.41) is 3.71. The van der Waals surface area contributed by atoms with Gasteiger partial charge in [0.1, 0.15) is 18.8 Å². The summed E-state index contributed by atoms with van der Waals surface area (Å²) in [5.41, 5.74) is 3.84. The van der Waals surface area contributed by atoms with Gasteiger partial charge >= 0.3 is 0 Å². The van der Waals surface area contributed by atoms with Crippen LogP contribution in [0.3, 0.4) is 0 Å². The van der Waals surface area contributed by atoms with E-state index >= 15 is 0 Å². The first-order valence-corrected chi connectivity index (χ1v) is 9.60. The van der Waals surface area contributed by atoms with Gasteiger partial charge in [0, 0.05) is 17.1 Å². The number of hydrogen-bond donors (Lipinski definition) is 1. The van der Waals surface area contributed by atoms with E-state index in [0.29, 0.717) is 0 Å². The van der Waals surface area contributed by atoms with Gasteiger partial charge in [0.2, 0.25) is 5.91 Å². The van der Waals surface area contributed by atoms with Crippen molar-refractivity contribution in [2.24, 2.45) is 0 Å². The summed E-state index contributed by atoms with van der Waals surface area (Å²) in [6, 6.07) is 17.5. The van der Waals surface area contributed by atoms with Gasteiger partial charge in [0.25, 0.3) is 0 Å². The molecule has 0 spiro atoms. The zero-order valence-corrected chi connectivity index (χ0v) is 15.9. The Bertz CT molecular complexity index is 791. The molecule has 2 aromatic carbocycles. The first-order valence-electron chi connectivity index (χ1n) is 8.81. The van der Waals surface area contributed by atoms with E-state index in [1.54, 1.807) is 6.92 Å². The number of carbonyl (C=O) groups is 1. The van der Waals surface area contributed by atoms with E-state index in [0.717, 1.165) is 30.3 Å². The van der Waals surface area contributed by atoms with Crippen molar-refractivity contribution in [3.63, 3.8) is 0 Å². The highest BCUT2D eigenvalue weighted by atomic mass is 79.9. The lowest BCUT2D eigenvalue weighted by Crippen LogP contribution is -2.56. The lowest BCUT2D eigenvalue weighted by atomic mass is 9.78. The summed E-state index contributed by atoms with van der Waals surface area (Å²) in [7, 11) is 0. The SMILES string of the molecule is CC(=O)N1CC2Nc3ccccc3CC1C[C+]2Cc1cccc(Br)c1. The van der Waals surface area contributed by atoms with Gasteiger partial charge in [-0.1, -0.05) is 46.3 Å². The molecule has 1 saturated heterocycles. The molecule has 2 atom stereocenters. The Labute approximate surface area is 157 Å². The number of nitrogens with zero attached hydrogens (tertiary/aromatic N) is 1. The first kappa shape index (κ1) is 16.5. The van der Waals surface area contributed by atoms with Crippen LogP contribution >= 0.6 is 15.9 Å². The summed E-state index contributed by atoms with van der Waals surface area (Å²) < 4.78 is 1.12. The van der Waals surface area contributed by atoms with Crippen molar-refractivity contribution in [3.8, 4) is 0 Å². The van der Waals surface area contributed by atoms with E-state index in [4.69, 9.17) is 0 Å². The number of para-hydroxylation sites is 1. The molecule has 0 aliphatic carbocycles. The number of benzene rings is 2. The van der Waals surface area contributed by atoms with Gasteiger partial charge in [0.05, 0.1) is 12.6 Å². The number of anilines is 1. The summed E-state index contributed by atoms with van der Waals surface area (Å²) in [5.74, 6) is 1.67. The minimum Gasteiger partial charge on any atom is -0.343 e. The second kappa shape index (κ2) is 6.75. The fourth-order valence-corrected chi connectivity index (χ4v) is 4.58. The minimum absolute atomic E-state index is 0.178. The van der Waals surface area contributed by atoms with Crippen molar-refractivity contribution in [3.05, 3.63) is 70.0 Å². The maximum atomic E-state index is 12.2. The van der Waals surface area contributed by atoms with E-state index in [9.17, 15) is 4.79 Å². The van der Waals surface area contributed by atoms with Crippen LogP contribution in [0.25, 0.3) is 0 Å². The van der Waals surface area contributed by atoms with Crippen LogP contribution in [0.15, 0.2) is 53.0 Å². The molecule has 3 heterocycles. The van der Waals surface area contributed by atoms with E-state index in [1.165, 1.54) is 22.7 Å². The van der Waals surface area contributed by atoms with Crippen LogP contribution in [-0.4, -0.2) is 29.4 Å². The second-order valence-corrected chi connectivity index (χ2v) is 7.97. The molecule has 128 valence electrons. The van der Waals surface area contributed by atoms with Crippen LogP contribution < -0.4 is 5.32 Å². The molecular formula is C21H22BrN2O+. The maximum absolute atomic E-state index is 12.2. The van der Waals surface area contributed by atoms with Gasteiger partial charge in [-0.2, -0.15) is 0 Å². The van der Waals surface area contributed by atoms with Crippen LogP contribution in [0.5, 0.6) is 0 Å². The third kappa shape index (κ3) is 3.40. The number of amides is 1. The maximum Gasteiger partial charge on any atom is 0.220 e. The molecule has 25 heavy (non-hydrogen) atoms. The van der Waals surface area contributed by atoms with Crippen molar-refractivity contribution >= 4 is 27.5 Å². The number of nitrogens with one attached hydrogen (secondary N) is 1. The van der Waals surface area contributed by atoms with Gasteiger partial charge < -0.3 is 10.2 Å². The third-order valence-electron chi connectivity index (χ3n) is 5.34. The first-order chi connectivity index (χ1) is 12.1. The van der Waals surface area contributed by atoms with Crippen molar-refractivity contribution in [1.29, 1.82) is 0 Å².